The maximum Gasteiger partial charge on any atom is 0.411 e. The van der Waals surface area contributed by atoms with Gasteiger partial charge in [-0.3, -0.25) is 0 Å². The summed E-state index contributed by atoms with van der Waals surface area (Å²) < 4.78 is 51.3. The van der Waals surface area contributed by atoms with Gasteiger partial charge >= 0.3 is 6.18 Å². The number of ether oxygens (including phenoxy) is 3. The Morgan fingerprint density at radius 1 is 1.03 bits per heavy atom. The zero-order chi connectivity index (χ0) is 20.6. The van der Waals surface area contributed by atoms with E-state index >= 15 is 0 Å². The number of anilines is 1. The zero-order valence-corrected chi connectivity index (χ0v) is 18.3. The van der Waals surface area contributed by atoms with Gasteiger partial charge in [-0.15, -0.1) is 24.0 Å². The van der Waals surface area contributed by atoms with Gasteiger partial charge in [-0.1, -0.05) is 24.3 Å². The molecule has 3 N–H and O–H groups in total. The maximum atomic E-state index is 12.1. The van der Waals surface area contributed by atoms with Crippen LogP contribution in [0.15, 0.2) is 47.5 Å². The standard InChI is InChI=1S/C19H22F3N3O3.HI/c1-26-15-7-8-17(27-2)16(9-15)25-18(23)24-10-13-3-5-14(6-4-13)11-28-12-19(20,21)22;/h3-9H,10-12H2,1-2H3,(H3,23,24,25);1H. The second-order valence-electron chi connectivity index (χ2n) is 5.82. The van der Waals surface area contributed by atoms with Gasteiger partial charge in [-0.05, 0) is 23.3 Å². The summed E-state index contributed by atoms with van der Waals surface area (Å²) in [5.41, 5.74) is 8.02. The van der Waals surface area contributed by atoms with Gasteiger partial charge in [-0.25, -0.2) is 4.99 Å². The van der Waals surface area contributed by atoms with Crippen LogP contribution in [-0.2, 0) is 17.9 Å². The summed E-state index contributed by atoms with van der Waals surface area (Å²) in [6.07, 6.45) is -4.33. The predicted octanol–water partition coefficient (Wildman–Crippen LogP) is 4.33. The number of alkyl halides is 3. The summed E-state index contributed by atoms with van der Waals surface area (Å²) >= 11 is 0. The third kappa shape index (κ3) is 8.77. The summed E-state index contributed by atoms with van der Waals surface area (Å²) in [7, 11) is 3.10. The Labute approximate surface area is 184 Å². The van der Waals surface area contributed by atoms with E-state index in [0.29, 0.717) is 29.3 Å². The van der Waals surface area contributed by atoms with Crippen molar-refractivity contribution < 1.29 is 27.4 Å². The fourth-order valence-corrected chi connectivity index (χ4v) is 2.29. The third-order valence-electron chi connectivity index (χ3n) is 3.66. The Hall–Kier alpha value is -2.21. The summed E-state index contributed by atoms with van der Waals surface area (Å²) in [6.45, 7) is -1.08. The van der Waals surface area contributed by atoms with Gasteiger partial charge in [-0.2, -0.15) is 13.2 Å². The number of benzene rings is 2. The number of methoxy groups -OCH3 is 2. The van der Waals surface area contributed by atoms with Gasteiger partial charge in [0, 0.05) is 6.07 Å². The zero-order valence-electron chi connectivity index (χ0n) is 16.0. The predicted molar refractivity (Wildman–Crippen MR) is 116 cm³/mol. The summed E-state index contributed by atoms with van der Waals surface area (Å²) in [5, 5.41) is 2.96. The molecule has 0 aliphatic carbocycles. The van der Waals surface area contributed by atoms with E-state index in [4.69, 9.17) is 15.2 Å². The van der Waals surface area contributed by atoms with E-state index in [0.717, 1.165) is 5.56 Å². The molecule has 2 aromatic rings. The topological polar surface area (TPSA) is 78.1 Å². The Bertz CT molecular complexity index is 800. The molecule has 29 heavy (non-hydrogen) atoms. The third-order valence-corrected chi connectivity index (χ3v) is 3.66. The van der Waals surface area contributed by atoms with Crippen LogP contribution in [0.25, 0.3) is 0 Å². The summed E-state index contributed by atoms with van der Waals surface area (Å²) in [6, 6.07) is 12.1. The average Bonchev–Trinajstić information content (AvgIpc) is 2.66. The molecule has 0 saturated heterocycles. The number of rotatable bonds is 8. The van der Waals surface area contributed by atoms with Crippen molar-refractivity contribution in [1.82, 2.24) is 0 Å². The number of nitrogens with one attached hydrogen (secondary N) is 1. The van der Waals surface area contributed by atoms with Crippen molar-refractivity contribution in [2.24, 2.45) is 10.7 Å². The van der Waals surface area contributed by atoms with Crippen LogP contribution >= 0.6 is 24.0 Å². The highest BCUT2D eigenvalue weighted by atomic mass is 127. The van der Waals surface area contributed by atoms with Crippen LogP contribution in [0.2, 0.25) is 0 Å². The van der Waals surface area contributed by atoms with Crippen LogP contribution in [0, 0.1) is 0 Å². The second kappa shape index (κ2) is 11.7. The van der Waals surface area contributed by atoms with E-state index in [9.17, 15) is 13.2 Å². The number of hydrogen-bond donors (Lipinski definition) is 2. The van der Waals surface area contributed by atoms with Gasteiger partial charge < -0.3 is 25.3 Å². The van der Waals surface area contributed by atoms with Crippen molar-refractivity contribution in [3.63, 3.8) is 0 Å². The minimum Gasteiger partial charge on any atom is -0.497 e. The molecule has 2 aromatic carbocycles. The molecule has 0 spiro atoms. The van der Waals surface area contributed by atoms with Crippen molar-refractivity contribution >= 4 is 35.6 Å². The van der Waals surface area contributed by atoms with Crippen molar-refractivity contribution in [3.05, 3.63) is 53.6 Å². The Morgan fingerprint density at radius 3 is 2.28 bits per heavy atom. The first kappa shape index (κ1) is 24.8. The van der Waals surface area contributed by atoms with Crippen molar-refractivity contribution in [3.8, 4) is 11.5 Å². The number of halogens is 4. The molecule has 2 rings (SSSR count). The van der Waals surface area contributed by atoms with Gasteiger partial charge in [0.2, 0.25) is 0 Å². The Balaban J connectivity index is 0.00000420. The van der Waals surface area contributed by atoms with E-state index in [1.54, 1.807) is 56.7 Å². The maximum absolute atomic E-state index is 12.1. The highest BCUT2D eigenvalue weighted by Gasteiger charge is 2.27. The Morgan fingerprint density at radius 2 is 1.69 bits per heavy atom. The monoisotopic (exact) mass is 525 g/mol. The van der Waals surface area contributed by atoms with Crippen LogP contribution in [-0.4, -0.2) is 33.0 Å². The Kier molecular flexibility index (Phi) is 10.0. The molecule has 0 bridgehead atoms. The molecule has 0 heterocycles. The summed E-state index contributed by atoms with van der Waals surface area (Å²) in [4.78, 5) is 4.25. The molecule has 0 unspecified atom stereocenters. The SMILES string of the molecule is COc1ccc(OC)c(NC(N)=NCc2ccc(COCC(F)(F)F)cc2)c1.I. The van der Waals surface area contributed by atoms with Crippen LogP contribution < -0.4 is 20.5 Å². The highest BCUT2D eigenvalue weighted by Crippen LogP contribution is 2.28. The average molecular weight is 525 g/mol. The second-order valence-corrected chi connectivity index (χ2v) is 5.82. The van der Waals surface area contributed by atoms with Crippen LogP contribution in [0.3, 0.4) is 0 Å². The molecule has 0 atom stereocenters. The number of aliphatic imine (C=N–C) groups is 1. The lowest BCUT2D eigenvalue weighted by Gasteiger charge is -2.12. The smallest absolute Gasteiger partial charge is 0.411 e. The van der Waals surface area contributed by atoms with E-state index in [1.807, 2.05) is 0 Å². The fourth-order valence-electron chi connectivity index (χ4n) is 2.29. The minimum atomic E-state index is -4.33. The first-order valence-electron chi connectivity index (χ1n) is 8.32. The van der Waals surface area contributed by atoms with Crippen molar-refractivity contribution in [2.45, 2.75) is 19.3 Å². The molecular weight excluding hydrogens is 502 g/mol. The van der Waals surface area contributed by atoms with Gasteiger partial charge in [0.15, 0.2) is 5.96 Å². The van der Waals surface area contributed by atoms with Crippen molar-refractivity contribution in [2.75, 3.05) is 26.1 Å². The van der Waals surface area contributed by atoms with Crippen LogP contribution in [0.1, 0.15) is 11.1 Å². The molecule has 6 nitrogen and oxygen atoms in total. The normalized spacial score (nSPS) is 11.6. The van der Waals surface area contributed by atoms with Gasteiger partial charge in [0.1, 0.15) is 18.1 Å². The largest absolute Gasteiger partial charge is 0.497 e. The lowest BCUT2D eigenvalue weighted by atomic mass is 10.1. The van der Waals surface area contributed by atoms with Gasteiger partial charge in [0.05, 0.1) is 33.1 Å². The first-order valence-corrected chi connectivity index (χ1v) is 8.32. The molecule has 0 aliphatic rings. The molecule has 0 fully saturated rings. The number of nitrogens with two attached hydrogens (primary N) is 1. The highest BCUT2D eigenvalue weighted by molar-refractivity contribution is 14.0. The molecule has 0 radical (unpaired) electrons. The lowest BCUT2D eigenvalue weighted by molar-refractivity contribution is -0.176. The quantitative estimate of drug-likeness (QED) is 0.305. The number of guanidine groups is 1. The number of hydrogen-bond acceptors (Lipinski definition) is 4. The molecule has 0 aliphatic heterocycles. The van der Waals surface area contributed by atoms with E-state index in [1.165, 1.54) is 0 Å². The van der Waals surface area contributed by atoms with Crippen LogP contribution in [0.5, 0.6) is 11.5 Å². The first-order chi connectivity index (χ1) is 13.3. The molecule has 10 heteroatoms. The molecule has 0 saturated carbocycles. The fraction of sp³-hybridized carbons (Fsp3) is 0.316. The molecule has 160 valence electrons. The molecule has 0 amide bonds. The van der Waals surface area contributed by atoms with Crippen molar-refractivity contribution in [1.29, 1.82) is 0 Å². The molecular formula is C19H23F3IN3O3. The lowest BCUT2D eigenvalue weighted by Crippen LogP contribution is -2.23. The van der Waals surface area contributed by atoms with Gasteiger partial charge in [0.25, 0.3) is 0 Å². The summed E-state index contributed by atoms with van der Waals surface area (Å²) in [5.74, 6) is 1.41. The van der Waals surface area contributed by atoms with E-state index in [-0.39, 0.29) is 36.5 Å². The van der Waals surface area contributed by atoms with E-state index in [2.05, 4.69) is 15.0 Å². The van der Waals surface area contributed by atoms with E-state index < -0.39 is 12.8 Å². The van der Waals surface area contributed by atoms with Crippen LogP contribution in [0.4, 0.5) is 18.9 Å². The minimum absolute atomic E-state index is 0. The molecule has 0 aromatic heterocycles. The number of nitrogens with zero attached hydrogens (tertiary/aromatic N) is 1.